The van der Waals surface area contributed by atoms with E-state index in [4.69, 9.17) is 4.98 Å². The van der Waals surface area contributed by atoms with E-state index in [-0.39, 0.29) is 0 Å². The van der Waals surface area contributed by atoms with Crippen molar-refractivity contribution in [3.63, 3.8) is 0 Å². The summed E-state index contributed by atoms with van der Waals surface area (Å²) < 4.78 is 2.05. The zero-order chi connectivity index (χ0) is 21.8. The number of likely N-dealkylation sites (N-methyl/N-ethyl adjacent to an activating group) is 1. The van der Waals surface area contributed by atoms with Gasteiger partial charge in [-0.15, -0.1) is 0 Å². The van der Waals surface area contributed by atoms with Crippen LogP contribution < -0.4 is 4.90 Å². The predicted octanol–water partition coefficient (Wildman–Crippen LogP) is 2.96. The molecule has 0 aliphatic carbocycles. The molecule has 9 heteroatoms. The SMILES string of the molecule is Cc1ncc(-c2ccc3[nH]nc(-c4cc5c(N6CCN(C)CC6)cncc5[nH]4)c3n2)n1C. The van der Waals surface area contributed by atoms with Crippen LogP contribution in [0.25, 0.3) is 44.7 Å². The van der Waals surface area contributed by atoms with Gasteiger partial charge in [0.15, 0.2) is 0 Å². The van der Waals surface area contributed by atoms with E-state index in [0.29, 0.717) is 0 Å². The molecule has 0 atom stereocenters. The number of rotatable bonds is 3. The van der Waals surface area contributed by atoms with Gasteiger partial charge in [-0.05, 0) is 32.2 Å². The average Bonchev–Trinajstić information content (AvgIpc) is 3.50. The first-order valence-corrected chi connectivity index (χ1v) is 10.8. The molecule has 0 aromatic carbocycles. The number of hydrogen-bond acceptors (Lipinski definition) is 6. The maximum absolute atomic E-state index is 4.94. The number of fused-ring (bicyclic) bond motifs is 2. The van der Waals surface area contributed by atoms with E-state index < -0.39 is 0 Å². The molecule has 9 nitrogen and oxygen atoms in total. The molecule has 0 amide bonds. The van der Waals surface area contributed by atoms with Crippen molar-refractivity contribution in [2.75, 3.05) is 38.1 Å². The number of anilines is 1. The number of piperazine rings is 1. The summed E-state index contributed by atoms with van der Waals surface area (Å²) in [5, 5.41) is 8.88. The number of aromatic amines is 2. The maximum Gasteiger partial charge on any atom is 0.135 e. The van der Waals surface area contributed by atoms with Crippen molar-refractivity contribution in [3.8, 4) is 22.8 Å². The van der Waals surface area contributed by atoms with Crippen LogP contribution in [0.4, 0.5) is 5.69 Å². The number of hydrogen-bond donors (Lipinski definition) is 2. The van der Waals surface area contributed by atoms with Gasteiger partial charge in [0.1, 0.15) is 17.0 Å². The van der Waals surface area contributed by atoms with Crippen molar-refractivity contribution in [2.24, 2.45) is 7.05 Å². The van der Waals surface area contributed by atoms with Gasteiger partial charge in [0, 0.05) is 38.6 Å². The molecule has 2 N–H and O–H groups in total. The molecule has 6 rings (SSSR count). The van der Waals surface area contributed by atoms with Crippen molar-refractivity contribution < 1.29 is 0 Å². The summed E-state index contributed by atoms with van der Waals surface area (Å²) in [6.07, 6.45) is 5.71. The van der Waals surface area contributed by atoms with E-state index in [9.17, 15) is 0 Å². The van der Waals surface area contributed by atoms with Gasteiger partial charge in [0.05, 0.1) is 52.4 Å². The maximum atomic E-state index is 4.94. The van der Waals surface area contributed by atoms with Gasteiger partial charge < -0.3 is 19.4 Å². The van der Waals surface area contributed by atoms with Gasteiger partial charge >= 0.3 is 0 Å². The molecule has 162 valence electrons. The summed E-state index contributed by atoms with van der Waals surface area (Å²) in [7, 11) is 4.17. The van der Waals surface area contributed by atoms with Gasteiger partial charge in [-0.25, -0.2) is 9.97 Å². The number of pyridine rings is 2. The Morgan fingerprint density at radius 1 is 0.969 bits per heavy atom. The van der Waals surface area contributed by atoms with Crippen LogP contribution in [-0.4, -0.2) is 72.8 Å². The van der Waals surface area contributed by atoms with Crippen molar-refractivity contribution in [2.45, 2.75) is 6.92 Å². The molecule has 5 aromatic heterocycles. The normalized spacial score (nSPS) is 15.3. The average molecular weight is 428 g/mol. The third-order valence-electron chi connectivity index (χ3n) is 6.51. The first kappa shape index (κ1) is 19.0. The predicted molar refractivity (Wildman–Crippen MR) is 126 cm³/mol. The van der Waals surface area contributed by atoms with Crippen LogP contribution in [0.15, 0.2) is 36.8 Å². The van der Waals surface area contributed by atoms with Crippen LogP contribution in [0.1, 0.15) is 5.82 Å². The van der Waals surface area contributed by atoms with Crippen molar-refractivity contribution in [3.05, 3.63) is 42.6 Å². The monoisotopic (exact) mass is 427 g/mol. The highest BCUT2D eigenvalue weighted by Gasteiger charge is 2.20. The molecule has 1 saturated heterocycles. The molecule has 5 aromatic rings. The number of H-pyrrole nitrogens is 2. The van der Waals surface area contributed by atoms with Crippen molar-refractivity contribution in [1.29, 1.82) is 0 Å². The van der Waals surface area contributed by atoms with Crippen LogP contribution in [0.2, 0.25) is 0 Å². The van der Waals surface area contributed by atoms with Crippen molar-refractivity contribution >= 4 is 27.6 Å². The summed E-state index contributed by atoms with van der Waals surface area (Å²) >= 11 is 0. The Balaban J connectivity index is 1.45. The smallest absolute Gasteiger partial charge is 0.135 e. The molecule has 0 saturated carbocycles. The summed E-state index contributed by atoms with van der Waals surface area (Å²) in [5.74, 6) is 0.953. The minimum absolute atomic E-state index is 0.807. The lowest BCUT2D eigenvalue weighted by Crippen LogP contribution is -2.44. The minimum atomic E-state index is 0.807. The van der Waals surface area contributed by atoms with Crippen LogP contribution >= 0.6 is 0 Å². The second-order valence-corrected chi connectivity index (χ2v) is 8.51. The van der Waals surface area contributed by atoms with Gasteiger partial charge in [-0.2, -0.15) is 5.10 Å². The van der Waals surface area contributed by atoms with Crippen LogP contribution in [0.5, 0.6) is 0 Å². The van der Waals surface area contributed by atoms with Crippen LogP contribution in [0.3, 0.4) is 0 Å². The summed E-state index contributed by atoms with van der Waals surface area (Å²) in [6.45, 7) is 6.09. The molecule has 0 unspecified atom stereocenters. The second-order valence-electron chi connectivity index (χ2n) is 8.51. The largest absolute Gasteiger partial charge is 0.367 e. The van der Waals surface area contributed by atoms with Gasteiger partial charge in [-0.3, -0.25) is 10.1 Å². The number of aryl methyl sites for hydroxylation is 1. The summed E-state index contributed by atoms with van der Waals surface area (Å²) in [5.41, 5.74) is 7.50. The van der Waals surface area contributed by atoms with E-state index >= 15 is 0 Å². The Hall–Kier alpha value is -3.72. The van der Waals surface area contributed by atoms with Crippen LogP contribution in [0, 0.1) is 6.92 Å². The fourth-order valence-electron chi connectivity index (χ4n) is 4.43. The summed E-state index contributed by atoms with van der Waals surface area (Å²) in [4.78, 5) is 22.1. The lowest BCUT2D eigenvalue weighted by Gasteiger charge is -2.34. The first-order valence-electron chi connectivity index (χ1n) is 10.8. The summed E-state index contributed by atoms with van der Waals surface area (Å²) in [6, 6.07) is 6.20. The molecule has 1 aliphatic rings. The molecule has 32 heavy (non-hydrogen) atoms. The Bertz CT molecular complexity index is 1430. The van der Waals surface area contributed by atoms with Gasteiger partial charge in [-0.1, -0.05) is 0 Å². The van der Waals surface area contributed by atoms with E-state index in [1.54, 1.807) is 0 Å². The first-order chi connectivity index (χ1) is 15.6. The molecule has 0 radical (unpaired) electrons. The zero-order valence-electron chi connectivity index (χ0n) is 18.4. The van der Waals surface area contributed by atoms with E-state index in [0.717, 1.165) is 82.4 Å². The number of nitrogens with zero attached hydrogens (tertiary/aromatic N) is 7. The lowest BCUT2D eigenvalue weighted by molar-refractivity contribution is 0.313. The molecule has 0 bridgehead atoms. The molecular weight excluding hydrogens is 402 g/mol. The molecular formula is C23H25N9. The highest BCUT2D eigenvalue weighted by molar-refractivity contribution is 5.98. The van der Waals surface area contributed by atoms with E-state index in [1.165, 1.54) is 0 Å². The second kappa shape index (κ2) is 7.16. The highest BCUT2D eigenvalue weighted by atomic mass is 15.3. The van der Waals surface area contributed by atoms with Gasteiger partial charge in [0.2, 0.25) is 0 Å². The zero-order valence-corrected chi connectivity index (χ0v) is 18.4. The van der Waals surface area contributed by atoms with Gasteiger partial charge in [0.25, 0.3) is 0 Å². The van der Waals surface area contributed by atoms with E-state index in [2.05, 4.69) is 48.1 Å². The standard InChI is InChI=1S/C23H25N9/c1-14-25-13-21(31(14)3)16-4-5-17-22(27-16)23(29-28-17)18-10-15-19(26-18)11-24-12-20(15)32-8-6-30(2)7-9-32/h4-5,10-13,26H,6-9H2,1-3H3,(H,28,29). The molecule has 1 fully saturated rings. The quantitative estimate of drug-likeness (QED) is 0.460. The molecule has 0 spiro atoms. The third kappa shape index (κ3) is 2.96. The number of aromatic nitrogens is 7. The lowest BCUT2D eigenvalue weighted by atomic mass is 10.2. The Morgan fingerprint density at radius 3 is 2.59 bits per heavy atom. The third-order valence-corrected chi connectivity index (χ3v) is 6.51. The van der Waals surface area contributed by atoms with E-state index in [1.807, 2.05) is 49.3 Å². The Morgan fingerprint density at radius 2 is 1.81 bits per heavy atom. The highest BCUT2D eigenvalue weighted by Crippen LogP contribution is 2.33. The fourth-order valence-corrected chi connectivity index (χ4v) is 4.43. The number of nitrogens with one attached hydrogen (secondary N) is 2. The fraction of sp³-hybridized carbons (Fsp3) is 0.304. The topological polar surface area (TPSA) is 94.6 Å². The Kier molecular flexibility index (Phi) is 4.25. The molecule has 6 heterocycles. The number of imidazole rings is 1. The Labute approximate surface area is 185 Å². The van der Waals surface area contributed by atoms with Crippen LogP contribution in [-0.2, 0) is 7.05 Å². The minimum Gasteiger partial charge on any atom is -0.367 e. The molecule has 1 aliphatic heterocycles. The van der Waals surface area contributed by atoms with Crippen molar-refractivity contribution in [1.82, 2.24) is 39.6 Å².